The molecule has 0 aromatic heterocycles. The van der Waals surface area contributed by atoms with Crippen molar-refractivity contribution in [3.05, 3.63) is 0 Å². The maximum Gasteiger partial charge on any atom is 0.137 e. The van der Waals surface area contributed by atoms with Gasteiger partial charge in [-0.05, 0) is 24.7 Å². The summed E-state index contributed by atoms with van der Waals surface area (Å²) in [6.07, 6.45) is 3.63. The molecule has 0 spiro atoms. The van der Waals surface area contributed by atoms with E-state index in [0.29, 0.717) is 23.4 Å². The highest BCUT2D eigenvalue weighted by Gasteiger charge is 2.61. The smallest absolute Gasteiger partial charge is 0.137 e. The number of hydrogen-bond donors (Lipinski definition) is 0. The van der Waals surface area contributed by atoms with E-state index in [0.717, 1.165) is 25.7 Å². The molecular formula is C10H12O2. The summed E-state index contributed by atoms with van der Waals surface area (Å²) in [4.78, 5) is 22.7. The van der Waals surface area contributed by atoms with Crippen molar-refractivity contribution in [2.75, 3.05) is 0 Å². The van der Waals surface area contributed by atoms with Gasteiger partial charge in [0.1, 0.15) is 11.6 Å². The summed E-state index contributed by atoms with van der Waals surface area (Å²) in [6, 6.07) is 0. The number of carbonyl (C=O) groups excluding carboxylic acids is 2. The van der Waals surface area contributed by atoms with Crippen LogP contribution in [0.1, 0.15) is 25.7 Å². The lowest BCUT2D eigenvalue weighted by Crippen LogP contribution is -2.46. The van der Waals surface area contributed by atoms with Crippen molar-refractivity contribution in [1.29, 1.82) is 0 Å². The van der Waals surface area contributed by atoms with Gasteiger partial charge in [-0.15, -0.1) is 0 Å². The summed E-state index contributed by atoms with van der Waals surface area (Å²) in [5, 5.41) is 0. The minimum absolute atomic E-state index is 0.171. The normalized spacial score (nSPS) is 50.3. The average Bonchev–Trinajstić information content (AvgIpc) is 2.41. The lowest BCUT2D eigenvalue weighted by molar-refractivity contribution is -0.139. The highest BCUT2D eigenvalue weighted by atomic mass is 16.1. The van der Waals surface area contributed by atoms with E-state index < -0.39 is 0 Å². The Morgan fingerprint density at radius 2 is 1.25 bits per heavy atom. The van der Waals surface area contributed by atoms with Gasteiger partial charge in [-0.3, -0.25) is 9.59 Å². The molecule has 4 unspecified atom stereocenters. The van der Waals surface area contributed by atoms with Crippen molar-refractivity contribution < 1.29 is 9.59 Å². The van der Waals surface area contributed by atoms with Crippen molar-refractivity contribution in [3.8, 4) is 0 Å². The molecule has 0 amide bonds. The summed E-state index contributed by atoms with van der Waals surface area (Å²) in [5.74, 6) is 2.30. The molecule has 0 saturated heterocycles. The van der Waals surface area contributed by atoms with Crippen molar-refractivity contribution in [3.63, 3.8) is 0 Å². The molecule has 3 aliphatic rings. The van der Waals surface area contributed by atoms with E-state index in [-0.39, 0.29) is 11.8 Å². The molecule has 64 valence electrons. The molecule has 0 N–H and O–H groups in total. The molecule has 3 saturated carbocycles. The zero-order valence-corrected chi connectivity index (χ0v) is 6.95. The van der Waals surface area contributed by atoms with Crippen LogP contribution in [0.15, 0.2) is 0 Å². The fourth-order valence-corrected chi connectivity index (χ4v) is 3.54. The topological polar surface area (TPSA) is 34.1 Å². The summed E-state index contributed by atoms with van der Waals surface area (Å²) < 4.78 is 0. The Kier molecular flexibility index (Phi) is 1.12. The van der Waals surface area contributed by atoms with Crippen LogP contribution in [-0.2, 0) is 9.59 Å². The molecule has 2 heteroatoms. The Morgan fingerprint density at radius 3 is 1.67 bits per heavy atom. The van der Waals surface area contributed by atoms with Gasteiger partial charge in [-0.2, -0.15) is 0 Å². The SMILES string of the molecule is O=C1CCC2C3CCC(=O)C3C12. The van der Waals surface area contributed by atoms with Gasteiger partial charge in [0, 0.05) is 24.7 Å². The molecule has 4 atom stereocenters. The molecule has 3 fully saturated rings. The van der Waals surface area contributed by atoms with Crippen LogP contribution in [0, 0.1) is 23.7 Å². The fourth-order valence-electron chi connectivity index (χ4n) is 3.54. The van der Waals surface area contributed by atoms with Crippen LogP contribution >= 0.6 is 0 Å². The Balaban J connectivity index is 1.93. The first-order valence-corrected chi connectivity index (χ1v) is 4.84. The Bertz CT molecular complexity index is 241. The minimum atomic E-state index is 0.171. The van der Waals surface area contributed by atoms with Crippen molar-refractivity contribution in [2.24, 2.45) is 23.7 Å². The number of fused-ring (bicyclic) bond motifs is 4. The third-order valence-corrected chi connectivity index (χ3v) is 4.05. The highest BCUT2D eigenvalue weighted by Crippen LogP contribution is 2.59. The Labute approximate surface area is 71.3 Å². The first-order valence-electron chi connectivity index (χ1n) is 4.84. The number of carbonyl (C=O) groups is 2. The van der Waals surface area contributed by atoms with Gasteiger partial charge in [-0.1, -0.05) is 0 Å². The number of rotatable bonds is 0. The highest BCUT2D eigenvalue weighted by molar-refractivity contribution is 5.95. The minimum Gasteiger partial charge on any atom is -0.299 e. The molecule has 2 nitrogen and oxygen atoms in total. The van der Waals surface area contributed by atoms with Crippen molar-refractivity contribution in [1.82, 2.24) is 0 Å². The Morgan fingerprint density at radius 1 is 0.833 bits per heavy atom. The zero-order valence-electron chi connectivity index (χ0n) is 6.95. The second-order valence-corrected chi connectivity index (χ2v) is 4.39. The lowest BCUT2D eigenvalue weighted by atomic mass is 9.59. The Hall–Kier alpha value is -0.660. The van der Waals surface area contributed by atoms with E-state index in [1.807, 2.05) is 0 Å². The van der Waals surface area contributed by atoms with Gasteiger partial charge in [0.25, 0.3) is 0 Å². The summed E-state index contributed by atoms with van der Waals surface area (Å²) in [7, 11) is 0. The van der Waals surface area contributed by atoms with E-state index in [4.69, 9.17) is 0 Å². The van der Waals surface area contributed by atoms with Gasteiger partial charge >= 0.3 is 0 Å². The van der Waals surface area contributed by atoms with Crippen LogP contribution in [0.4, 0.5) is 0 Å². The van der Waals surface area contributed by atoms with Crippen molar-refractivity contribution >= 4 is 11.6 Å². The second kappa shape index (κ2) is 1.98. The second-order valence-electron chi connectivity index (χ2n) is 4.39. The third kappa shape index (κ3) is 0.584. The quantitative estimate of drug-likeness (QED) is 0.539. The molecule has 3 rings (SSSR count). The van der Waals surface area contributed by atoms with Gasteiger partial charge in [0.2, 0.25) is 0 Å². The number of hydrogen-bond acceptors (Lipinski definition) is 2. The number of Topliss-reactive ketones (excluding diaryl/α,β-unsaturated/α-hetero) is 2. The summed E-state index contributed by atoms with van der Waals surface area (Å²) in [6.45, 7) is 0. The van der Waals surface area contributed by atoms with E-state index in [1.165, 1.54) is 0 Å². The molecule has 0 aromatic rings. The van der Waals surface area contributed by atoms with Crippen LogP contribution in [0.3, 0.4) is 0 Å². The largest absolute Gasteiger partial charge is 0.299 e. The van der Waals surface area contributed by atoms with E-state index >= 15 is 0 Å². The molecule has 0 bridgehead atoms. The van der Waals surface area contributed by atoms with Gasteiger partial charge in [0.05, 0.1) is 0 Å². The molecule has 12 heavy (non-hydrogen) atoms. The number of ketones is 2. The molecule has 0 aliphatic heterocycles. The maximum absolute atomic E-state index is 11.4. The van der Waals surface area contributed by atoms with Gasteiger partial charge < -0.3 is 0 Å². The molecular weight excluding hydrogens is 152 g/mol. The molecule has 3 aliphatic carbocycles. The first-order chi connectivity index (χ1) is 5.79. The molecule has 0 aromatic carbocycles. The summed E-state index contributed by atoms with van der Waals surface area (Å²) in [5.41, 5.74) is 0. The van der Waals surface area contributed by atoms with Crippen LogP contribution in [0.25, 0.3) is 0 Å². The van der Waals surface area contributed by atoms with Crippen LogP contribution in [0.2, 0.25) is 0 Å². The van der Waals surface area contributed by atoms with Gasteiger partial charge in [0.15, 0.2) is 0 Å². The van der Waals surface area contributed by atoms with E-state index in [2.05, 4.69) is 0 Å². The standard InChI is InChI=1S/C10H12O2/c11-7-3-1-5-6-2-4-8(12)10(6)9(5)7/h5-6,9-10H,1-4H2. The van der Waals surface area contributed by atoms with E-state index in [1.54, 1.807) is 0 Å². The van der Waals surface area contributed by atoms with Gasteiger partial charge in [-0.25, -0.2) is 0 Å². The van der Waals surface area contributed by atoms with Crippen LogP contribution in [-0.4, -0.2) is 11.6 Å². The van der Waals surface area contributed by atoms with Crippen molar-refractivity contribution in [2.45, 2.75) is 25.7 Å². The lowest BCUT2D eigenvalue weighted by Gasteiger charge is -2.42. The first kappa shape index (κ1) is 6.81. The van der Waals surface area contributed by atoms with Crippen LogP contribution < -0.4 is 0 Å². The molecule has 0 radical (unpaired) electrons. The maximum atomic E-state index is 11.4. The third-order valence-electron chi connectivity index (χ3n) is 4.05. The predicted octanol–water partition coefficient (Wildman–Crippen LogP) is 1.19. The van der Waals surface area contributed by atoms with E-state index in [9.17, 15) is 9.59 Å². The molecule has 0 heterocycles. The predicted molar refractivity (Wildman–Crippen MR) is 42.4 cm³/mol. The zero-order chi connectivity index (χ0) is 8.29. The van der Waals surface area contributed by atoms with Crippen LogP contribution in [0.5, 0.6) is 0 Å². The average molecular weight is 164 g/mol. The fraction of sp³-hybridized carbons (Fsp3) is 0.800. The summed E-state index contributed by atoms with van der Waals surface area (Å²) >= 11 is 0. The monoisotopic (exact) mass is 164 g/mol.